The van der Waals surface area contributed by atoms with Gasteiger partial charge in [-0.2, -0.15) is 0 Å². The molecule has 0 unspecified atom stereocenters. The van der Waals surface area contributed by atoms with Gasteiger partial charge < -0.3 is 9.72 Å². The molecule has 1 N–H and O–H groups in total. The van der Waals surface area contributed by atoms with Crippen LogP contribution in [0.25, 0.3) is 0 Å². The number of hydrogen-bond donors (Lipinski definition) is 1. The van der Waals surface area contributed by atoms with Gasteiger partial charge in [-0.05, 0) is 0 Å². The molecular formula is C7H6N2O2. The molecule has 0 aliphatic rings. The summed E-state index contributed by atoms with van der Waals surface area (Å²) >= 11 is 0. The lowest BCUT2D eigenvalue weighted by Crippen LogP contribution is -2.06. The number of ether oxygens (including phenoxy) is 1. The molecule has 0 amide bonds. The number of carbonyl (C=O) groups excluding carboxylic acids is 1. The Hall–Kier alpha value is -1.76. The Bertz CT molecular complexity index is 271. The summed E-state index contributed by atoms with van der Waals surface area (Å²) in [6, 6.07) is 0. The molecule has 0 aromatic carbocycles. The van der Waals surface area contributed by atoms with Gasteiger partial charge in [0.15, 0.2) is 6.61 Å². The third-order valence-corrected chi connectivity index (χ3v) is 0.978. The van der Waals surface area contributed by atoms with Crippen LogP contribution in [0.5, 0.6) is 0 Å². The van der Waals surface area contributed by atoms with E-state index in [1.54, 1.807) is 0 Å². The number of hydrogen-bond acceptors (Lipinski definition) is 3. The fourth-order valence-electron chi connectivity index (χ4n) is 0.552. The molecule has 56 valence electrons. The highest BCUT2D eigenvalue weighted by Gasteiger charge is 2.06. The average Bonchev–Trinajstić information content (AvgIpc) is 2.52. The lowest BCUT2D eigenvalue weighted by atomic mass is 10.6. The van der Waals surface area contributed by atoms with Crippen LogP contribution < -0.4 is 0 Å². The standard InChI is InChI=1S/C7H6N2O2/c1-2-5-11-7(10)6-8-3-4-9-6/h1,3-4H,5H2,(H,8,9). The molecule has 0 spiro atoms. The summed E-state index contributed by atoms with van der Waals surface area (Å²) in [7, 11) is 0. The first-order valence-corrected chi connectivity index (χ1v) is 2.94. The van der Waals surface area contributed by atoms with E-state index < -0.39 is 5.97 Å². The molecular weight excluding hydrogens is 144 g/mol. The van der Waals surface area contributed by atoms with Crippen molar-refractivity contribution >= 4 is 5.97 Å². The molecule has 0 aliphatic carbocycles. The predicted molar refractivity (Wildman–Crippen MR) is 37.7 cm³/mol. The van der Waals surface area contributed by atoms with E-state index in [9.17, 15) is 4.79 Å². The number of nitrogens with zero attached hydrogens (tertiary/aromatic N) is 1. The number of esters is 1. The van der Waals surface area contributed by atoms with Crippen LogP contribution in [0.15, 0.2) is 12.4 Å². The van der Waals surface area contributed by atoms with Crippen LogP contribution in [0.3, 0.4) is 0 Å². The number of imidazole rings is 1. The Morgan fingerprint density at radius 1 is 1.91 bits per heavy atom. The Morgan fingerprint density at radius 3 is 3.27 bits per heavy atom. The van der Waals surface area contributed by atoms with Crippen molar-refractivity contribution in [1.29, 1.82) is 0 Å². The molecule has 1 heterocycles. The Labute approximate surface area is 63.6 Å². The van der Waals surface area contributed by atoms with Gasteiger partial charge in [0.1, 0.15) is 0 Å². The lowest BCUT2D eigenvalue weighted by Gasteiger charge is -1.94. The predicted octanol–water partition coefficient (Wildman–Crippen LogP) is 0.200. The average molecular weight is 150 g/mol. The topological polar surface area (TPSA) is 55.0 Å². The van der Waals surface area contributed by atoms with Crippen LogP contribution >= 0.6 is 0 Å². The second-order valence-electron chi connectivity index (χ2n) is 1.72. The van der Waals surface area contributed by atoms with E-state index in [-0.39, 0.29) is 12.4 Å². The first-order valence-electron chi connectivity index (χ1n) is 2.94. The minimum Gasteiger partial charge on any atom is -0.447 e. The molecule has 1 rings (SSSR count). The zero-order valence-corrected chi connectivity index (χ0v) is 5.70. The van der Waals surface area contributed by atoms with Gasteiger partial charge in [-0.15, -0.1) is 6.42 Å². The van der Waals surface area contributed by atoms with Gasteiger partial charge in [-0.1, -0.05) is 5.92 Å². The number of rotatable bonds is 2. The number of H-pyrrole nitrogens is 1. The molecule has 0 atom stereocenters. The zero-order chi connectivity index (χ0) is 8.10. The van der Waals surface area contributed by atoms with Crippen molar-refractivity contribution in [2.24, 2.45) is 0 Å². The van der Waals surface area contributed by atoms with Crippen LogP contribution in [0.1, 0.15) is 10.6 Å². The number of aromatic nitrogens is 2. The van der Waals surface area contributed by atoms with Gasteiger partial charge in [0.25, 0.3) is 0 Å². The molecule has 1 aromatic rings. The van der Waals surface area contributed by atoms with E-state index in [0.717, 1.165) is 0 Å². The SMILES string of the molecule is C#CCOC(=O)c1ncc[nH]1. The van der Waals surface area contributed by atoms with Crippen LogP contribution in [-0.4, -0.2) is 22.5 Å². The Balaban J connectivity index is 2.51. The van der Waals surface area contributed by atoms with E-state index in [2.05, 4.69) is 20.6 Å². The maximum Gasteiger partial charge on any atom is 0.375 e. The van der Waals surface area contributed by atoms with Crippen LogP contribution in [0, 0.1) is 12.3 Å². The largest absolute Gasteiger partial charge is 0.447 e. The van der Waals surface area contributed by atoms with E-state index in [1.807, 2.05) is 0 Å². The zero-order valence-electron chi connectivity index (χ0n) is 5.70. The summed E-state index contributed by atoms with van der Waals surface area (Å²) in [5.74, 6) is 1.81. The summed E-state index contributed by atoms with van der Waals surface area (Å²) in [4.78, 5) is 17.1. The van der Waals surface area contributed by atoms with Gasteiger partial charge in [-0.25, -0.2) is 9.78 Å². The highest BCUT2D eigenvalue weighted by Crippen LogP contribution is 1.91. The second kappa shape index (κ2) is 3.42. The quantitative estimate of drug-likeness (QED) is 0.484. The maximum absolute atomic E-state index is 10.9. The third kappa shape index (κ3) is 1.83. The normalized spacial score (nSPS) is 8.64. The smallest absolute Gasteiger partial charge is 0.375 e. The first-order chi connectivity index (χ1) is 5.34. The molecule has 0 aliphatic heterocycles. The number of carbonyl (C=O) groups is 1. The molecule has 0 radical (unpaired) electrons. The Kier molecular flexibility index (Phi) is 2.28. The van der Waals surface area contributed by atoms with E-state index >= 15 is 0 Å². The Morgan fingerprint density at radius 2 is 2.73 bits per heavy atom. The lowest BCUT2D eigenvalue weighted by molar-refractivity contribution is 0.0544. The fraction of sp³-hybridized carbons (Fsp3) is 0.143. The second-order valence-corrected chi connectivity index (χ2v) is 1.72. The van der Waals surface area contributed by atoms with E-state index in [4.69, 9.17) is 6.42 Å². The van der Waals surface area contributed by atoms with Gasteiger partial charge in [0.2, 0.25) is 5.82 Å². The van der Waals surface area contributed by atoms with Crippen molar-refractivity contribution in [2.75, 3.05) is 6.61 Å². The summed E-state index contributed by atoms with van der Waals surface area (Å²) in [5, 5.41) is 0. The van der Waals surface area contributed by atoms with Gasteiger partial charge >= 0.3 is 5.97 Å². The van der Waals surface area contributed by atoms with Crippen LogP contribution in [0.4, 0.5) is 0 Å². The highest BCUT2D eigenvalue weighted by molar-refractivity contribution is 5.85. The monoisotopic (exact) mass is 150 g/mol. The number of aromatic amines is 1. The molecule has 0 fully saturated rings. The van der Waals surface area contributed by atoms with E-state index in [0.29, 0.717) is 0 Å². The molecule has 4 heteroatoms. The fourth-order valence-corrected chi connectivity index (χ4v) is 0.552. The number of terminal acetylenes is 1. The van der Waals surface area contributed by atoms with Crippen molar-refractivity contribution in [3.63, 3.8) is 0 Å². The molecule has 1 aromatic heterocycles. The summed E-state index contributed by atoms with van der Waals surface area (Å²) in [6.45, 7) is -0.0282. The van der Waals surface area contributed by atoms with Gasteiger partial charge in [0, 0.05) is 12.4 Å². The molecule has 4 nitrogen and oxygen atoms in total. The minimum atomic E-state index is -0.534. The first kappa shape index (κ1) is 7.35. The minimum absolute atomic E-state index is 0.0282. The van der Waals surface area contributed by atoms with Gasteiger partial charge in [-0.3, -0.25) is 0 Å². The third-order valence-electron chi connectivity index (χ3n) is 0.978. The van der Waals surface area contributed by atoms with Crippen molar-refractivity contribution in [1.82, 2.24) is 9.97 Å². The molecule has 0 bridgehead atoms. The van der Waals surface area contributed by atoms with Crippen LogP contribution in [-0.2, 0) is 4.74 Å². The molecule has 0 saturated heterocycles. The van der Waals surface area contributed by atoms with Crippen molar-refractivity contribution in [2.45, 2.75) is 0 Å². The van der Waals surface area contributed by atoms with Crippen molar-refractivity contribution in [3.05, 3.63) is 18.2 Å². The maximum atomic E-state index is 10.9. The molecule has 11 heavy (non-hydrogen) atoms. The highest BCUT2D eigenvalue weighted by atomic mass is 16.5. The van der Waals surface area contributed by atoms with Crippen LogP contribution in [0.2, 0.25) is 0 Å². The number of nitrogens with one attached hydrogen (secondary N) is 1. The van der Waals surface area contributed by atoms with Gasteiger partial charge in [0.05, 0.1) is 0 Å². The van der Waals surface area contributed by atoms with E-state index in [1.165, 1.54) is 12.4 Å². The molecule has 0 saturated carbocycles. The van der Waals surface area contributed by atoms with Crippen molar-refractivity contribution < 1.29 is 9.53 Å². The summed E-state index contributed by atoms with van der Waals surface area (Å²) in [6.07, 6.45) is 7.87. The summed E-state index contributed by atoms with van der Waals surface area (Å²) in [5.41, 5.74) is 0. The summed E-state index contributed by atoms with van der Waals surface area (Å²) < 4.78 is 4.57. The van der Waals surface area contributed by atoms with Crippen molar-refractivity contribution in [3.8, 4) is 12.3 Å².